The van der Waals surface area contributed by atoms with Crippen molar-refractivity contribution in [1.82, 2.24) is 5.32 Å². The van der Waals surface area contributed by atoms with Crippen LogP contribution in [0.15, 0.2) is 54.6 Å². The van der Waals surface area contributed by atoms with Crippen molar-refractivity contribution in [2.45, 2.75) is 20.4 Å². The standard InChI is InChI=1S/C23H20ClN3O2/c1-13-8-14(2)10-16(9-13)27-23(29)26-15-6-7-18(21(24)11-15)17-4-3-5-19-20(17)12-25-22(19)28/h3-11H,12H2,1-2H3,(H,25,28)(H2,26,27,29). The van der Waals surface area contributed by atoms with Gasteiger partial charge in [0.2, 0.25) is 0 Å². The van der Waals surface area contributed by atoms with E-state index in [4.69, 9.17) is 11.6 Å². The van der Waals surface area contributed by atoms with Gasteiger partial charge in [-0.1, -0.05) is 35.9 Å². The second kappa shape index (κ2) is 7.60. The summed E-state index contributed by atoms with van der Waals surface area (Å²) in [6.07, 6.45) is 0. The summed E-state index contributed by atoms with van der Waals surface area (Å²) in [7, 11) is 0. The summed E-state index contributed by atoms with van der Waals surface area (Å²) in [6, 6.07) is 16.5. The molecule has 0 fully saturated rings. The minimum Gasteiger partial charge on any atom is -0.348 e. The second-order valence-electron chi connectivity index (χ2n) is 7.16. The van der Waals surface area contributed by atoms with Crippen molar-refractivity contribution in [2.24, 2.45) is 0 Å². The minimum atomic E-state index is -0.339. The van der Waals surface area contributed by atoms with Crippen molar-refractivity contribution in [1.29, 1.82) is 0 Å². The van der Waals surface area contributed by atoms with E-state index in [-0.39, 0.29) is 11.9 Å². The fraction of sp³-hybridized carbons (Fsp3) is 0.130. The van der Waals surface area contributed by atoms with Crippen molar-refractivity contribution in [3.8, 4) is 11.1 Å². The van der Waals surface area contributed by atoms with Gasteiger partial charge in [-0.2, -0.15) is 0 Å². The first-order valence-corrected chi connectivity index (χ1v) is 9.65. The molecule has 0 unspecified atom stereocenters. The van der Waals surface area contributed by atoms with Gasteiger partial charge in [-0.3, -0.25) is 4.79 Å². The Balaban J connectivity index is 1.54. The highest BCUT2D eigenvalue weighted by Gasteiger charge is 2.22. The van der Waals surface area contributed by atoms with Crippen LogP contribution in [0.1, 0.15) is 27.0 Å². The Bertz CT molecular complexity index is 1120. The number of hydrogen-bond acceptors (Lipinski definition) is 2. The van der Waals surface area contributed by atoms with E-state index in [1.54, 1.807) is 12.1 Å². The molecule has 0 saturated heterocycles. The largest absolute Gasteiger partial charge is 0.348 e. The van der Waals surface area contributed by atoms with E-state index < -0.39 is 0 Å². The molecular weight excluding hydrogens is 386 g/mol. The van der Waals surface area contributed by atoms with E-state index in [0.29, 0.717) is 22.8 Å². The average Bonchev–Trinajstić information content (AvgIpc) is 3.02. The highest BCUT2D eigenvalue weighted by molar-refractivity contribution is 6.33. The van der Waals surface area contributed by atoms with E-state index in [9.17, 15) is 9.59 Å². The first-order valence-electron chi connectivity index (χ1n) is 9.27. The maximum Gasteiger partial charge on any atom is 0.323 e. The van der Waals surface area contributed by atoms with E-state index in [1.165, 1.54) is 0 Å². The molecule has 3 aromatic rings. The van der Waals surface area contributed by atoms with Crippen molar-refractivity contribution >= 4 is 34.9 Å². The molecule has 1 aliphatic rings. The highest BCUT2D eigenvalue weighted by Crippen LogP contribution is 2.35. The second-order valence-corrected chi connectivity index (χ2v) is 7.57. The van der Waals surface area contributed by atoms with Crippen molar-refractivity contribution in [3.05, 3.63) is 81.9 Å². The van der Waals surface area contributed by atoms with Crippen LogP contribution in [0.3, 0.4) is 0 Å². The number of nitrogens with one attached hydrogen (secondary N) is 3. The molecule has 0 bridgehead atoms. The fourth-order valence-electron chi connectivity index (χ4n) is 3.66. The molecule has 5 nitrogen and oxygen atoms in total. The molecule has 0 aliphatic carbocycles. The van der Waals surface area contributed by atoms with Crippen LogP contribution in [0.5, 0.6) is 0 Å². The number of aryl methyl sites for hydroxylation is 2. The van der Waals surface area contributed by atoms with E-state index in [1.807, 2.05) is 56.3 Å². The van der Waals surface area contributed by atoms with Gasteiger partial charge in [0.25, 0.3) is 5.91 Å². The summed E-state index contributed by atoms with van der Waals surface area (Å²) in [5.41, 5.74) is 6.83. The van der Waals surface area contributed by atoms with Crippen LogP contribution in [-0.2, 0) is 6.54 Å². The maximum absolute atomic E-state index is 12.3. The number of carbonyl (C=O) groups is 2. The van der Waals surface area contributed by atoms with Crippen LogP contribution in [0.2, 0.25) is 5.02 Å². The first kappa shape index (κ1) is 19.0. The molecule has 6 heteroatoms. The summed E-state index contributed by atoms with van der Waals surface area (Å²) in [4.78, 5) is 24.3. The quantitative estimate of drug-likeness (QED) is 0.537. The molecule has 146 valence electrons. The van der Waals surface area contributed by atoms with Crippen LogP contribution in [-0.4, -0.2) is 11.9 Å². The average molecular weight is 406 g/mol. The molecule has 4 rings (SSSR count). The molecule has 0 aromatic heterocycles. The van der Waals surface area contributed by atoms with Crippen molar-refractivity contribution in [3.63, 3.8) is 0 Å². The molecule has 0 saturated carbocycles. The van der Waals surface area contributed by atoms with Gasteiger partial charge in [-0.15, -0.1) is 0 Å². The third-order valence-corrected chi connectivity index (χ3v) is 5.16. The Morgan fingerprint density at radius 2 is 1.59 bits per heavy atom. The summed E-state index contributed by atoms with van der Waals surface area (Å²) in [6.45, 7) is 4.45. The van der Waals surface area contributed by atoms with Gasteiger partial charge >= 0.3 is 6.03 Å². The van der Waals surface area contributed by atoms with Crippen molar-refractivity contribution < 1.29 is 9.59 Å². The fourth-order valence-corrected chi connectivity index (χ4v) is 3.94. The number of benzene rings is 3. The number of halogens is 1. The zero-order valence-corrected chi connectivity index (χ0v) is 16.9. The van der Waals surface area contributed by atoms with Crippen LogP contribution in [0, 0.1) is 13.8 Å². The maximum atomic E-state index is 12.3. The smallest absolute Gasteiger partial charge is 0.323 e. The SMILES string of the molecule is Cc1cc(C)cc(NC(=O)Nc2ccc(-c3cccc4c3CNC4=O)c(Cl)c2)c1. The molecule has 0 radical (unpaired) electrons. The van der Waals surface area contributed by atoms with Gasteiger partial charge < -0.3 is 16.0 Å². The normalized spacial score (nSPS) is 12.3. The van der Waals surface area contributed by atoms with Crippen LogP contribution >= 0.6 is 11.6 Å². The summed E-state index contributed by atoms with van der Waals surface area (Å²) in [5, 5.41) is 8.98. The molecule has 0 atom stereocenters. The molecule has 29 heavy (non-hydrogen) atoms. The van der Waals surface area contributed by atoms with Crippen LogP contribution in [0.25, 0.3) is 11.1 Å². The predicted molar refractivity (Wildman–Crippen MR) is 117 cm³/mol. The molecule has 3 amide bonds. The lowest BCUT2D eigenvalue weighted by Crippen LogP contribution is -2.19. The monoisotopic (exact) mass is 405 g/mol. The lowest BCUT2D eigenvalue weighted by Gasteiger charge is -2.12. The van der Waals surface area contributed by atoms with Crippen molar-refractivity contribution in [2.75, 3.05) is 10.6 Å². The number of anilines is 2. The molecule has 1 heterocycles. The van der Waals surface area contributed by atoms with Crippen LogP contribution in [0.4, 0.5) is 16.2 Å². The number of carbonyl (C=O) groups excluding carboxylic acids is 2. The van der Waals surface area contributed by atoms with Gasteiger partial charge in [-0.05, 0) is 66.4 Å². The number of fused-ring (bicyclic) bond motifs is 1. The lowest BCUT2D eigenvalue weighted by molar-refractivity contribution is 0.0965. The zero-order chi connectivity index (χ0) is 20.5. The summed E-state index contributed by atoms with van der Waals surface area (Å²) < 4.78 is 0. The van der Waals surface area contributed by atoms with E-state index in [0.717, 1.165) is 33.5 Å². The van der Waals surface area contributed by atoms with Gasteiger partial charge in [0.1, 0.15) is 0 Å². The molecule has 3 N–H and O–H groups in total. The zero-order valence-electron chi connectivity index (χ0n) is 16.1. The number of rotatable bonds is 3. The summed E-state index contributed by atoms with van der Waals surface area (Å²) in [5.74, 6) is -0.0701. The number of amides is 3. The Hall–Kier alpha value is -3.31. The third kappa shape index (κ3) is 3.96. The summed E-state index contributed by atoms with van der Waals surface area (Å²) >= 11 is 6.51. The van der Waals surface area contributed by atoms with E-state index in [2.05, 4.69) is 16.0 Å². The topological polar surface area (TPSA) is 70.2 Å². The van der Waals surface area contributed by atoms with E-state index >= 15 is 0 Å². The molecule has 1 aliphatic heterocycles. The third-order valence-electron chi connectivity index (χ3n) is 4.84. The number of hydrogen-bond donors (Lipinski definition) is 3. The van der Waals surface area contributed by atoms with Crippen LogP contribution < -0.4 is 16.0 Å². The van der Waals surface area contributed by atoms with Gasteiger partial charge in [0, 0.05) is 29.0 Å². The van der Waals surface area contributed by atoms with Gasteiger partial charge in [0.15, 0.2) is 0 Å². The van der Waals surface area contributed by atoms with Gasteiger partial charge in [0.05, 0.1) is 5.02 Å². The minimum absolute atomic E-state index is 0.0701. The Labute approximate surface area is 174 Å². The first-order chi connectivity index (χ1) is 13.9. The number of urea groups is 1. The lowest BCUT2D eigenvalue weighted by atomic mass is 9.96. The highest BCUT2D eigenvalue weighted by atomic mass is 35.5. The Morgan fingerprint density at radius 1 is 0.897 bits per heavy atom. The molecule has 3 aromatic carbocycles. The Kier molecular flexibility index (Phi) is 4.99. The predicted octanol–water partition coefficient (Wildman–Crippen LogP) is 5.51. The Morgan fingerprint density at radius 3 is 2.31 bits per heavy atom. The molecule has 0 spiro atoms. The molecular formula is C23H20ClN3O2. The van der Waals surface area contributed by atoms with Gasteiger partial charge in [-0.25, -0.2) is 4.79 Å².